The standard InChI is InChI=1S/C18H36N2O4/c1-6-22-16(23-7-2)14-19-11-8-15-9-12-20(13-10-15)17(21)24-18(3,4)5/h15-16,19H,6-14H2,1-5H3. The number of piperidine rings is 1. The predicted octanol–water partition coefficient (Wildman–Crippen LogP) is 3.01. The second-order valence-corrected chi connectivity index (χ2v) is 7.24. The second-order valence-electron chi connectivity index (χ2n) is 7.24. The number of likely N-dealkylation sites (tertiary alicyclic amines) is 1. The Morgan fingerprint density at radius 2 is 1.75 bits per heavy atom. The molecule has 6 heteroatoms. The maximum atomic E-state index is 12.0. The van der Waals surface area contributed by atoms with Crippen LogP contribution in [0.5, 0.6) is 0 Å². The van der Waals surface area contributed by atoms with Crippen LogP contribution in [-0.2, 0) is 14.2 Å². The van der Waals surface area contributed by atoms with Gasteiger partial charge in [0.25, 0.3) is 0 Å². The van der Waals surface area contributed by atoms with Crippen LogP contribution in [0.4, 0.5) is 4.79 Å². The third-order valence-electron chi connectivity index (χ3n) is 4.01. The summed E-state index contributed by atoms with van der Waals surface area (Å²) in [6.07, 6.45) is 2.86. The van der Waals surface area contributed by atoms with Crippen molar-refractivity contribution in [1.82, 2.24) is 10.2 Å². The minimum Gasteiger partial charge on any atom is -0.444 e. The van der Waals surface area contributed by atoms with Gasteiger partial charge in [0.1, 0.15) is 5.60 Å². The summed E-state index contributed by atoms with van der Waals surface area (Å²) in [7, 11) is 0. The van der Waals surface area contributed by atoms with Crippen molar-refractivity contribution in [3.63, 3.8) is 0 Å². The average Bonchev–Trinajstić information content (AvgIpc) is 2.51. The highest BCUT2D eigenvalue weighted by molar-refractivity contribution is 5.68. The molecule has 0 saturated carbocycles. The summed E-state index contributed by atoms with van der Waals surface area (Å²) >= 11 is 0. The Morgan fingerprint density at radius 1 is 1.17 bits per heavy atom. The summed E-state index contributed by atoms with van der Waals surface area (Å²) in [6.45, 7) is 14.2. The summed E-state index contributed by atoms with van der Waals surface area (Å²) in [5, 5.41) is 3.41. The molecule has 0 aromatic rings. The summed E-state index contributed by atoms with van der Waals surface area (Å²) in [5.41, 5.74) is -0.421. The van der Waals surface area contributed by atoms with Crippen molar-refractivity contribution in [2.24, 2.45) is 5.92 Å². The van der Waals surface area contributed by atoms with Crippen LogP contribution in [0.25, 0.3) is 0 Å². The molecule has 0 aromatic carbocycles. The molecule has 1 saturated heterocycles. The number of ether oxygens (including phenoxy) is 3. The van der Waals surface area contributed by atoms with Crippen molar-refractivity contribution in [3.8, 4) is 0 Å². The maximum Gasteiger partial charge on any atom is 0.410 e. The molecule has 6 nitrogen and oxygen atoms in total. The number of carbonyl (C=O) groups excluding carboxylic acids is 1. The van der Waals surface area contributed by atoms with Crippen molar-refractivity contribution < 1.29 is 19.0 Å². The highest BCUT2D eigenvalue weighted by Gasteiger charge is 2.26. The normalized spacial score (nSPS) is 16.7. The number of carbonyl (C=O) groups is 1. The highest BCUT2D eigenvalue weighted by atomic mass is 16.7. The average molecular weight is 344 g/mol. The fourth-order valence-electron chi connectivity index (χ4n) is 2.79. The summed E-state index contributed by atoms with van der Waals surface area (Å²) in [6, 6.07) is 0. The van der Waals surface area contributed by atoms with Crippen LogP contribution >= 0.6 is 0 Å². The van der Waals surface area contributed by atoms with Gasteiger partial charge in [0.05, 0.1) is 0 Å². The lowest BCUT2D eigenvalue weighted by atomic mass is 9.94. The van der Waals surface area contributed by atoms with E-state index in [0.717, 1.165) is 45.4 Å². The number of rotatable bonds is 9. The minimum absolute atomic E-state index is 0.158. The van der Waals surface area contributed by atoms with E-state index >= 15 is 0 Å². The van der Waals surface area contributed by atoms with Gasteiger partial charge in [-0.2, -0.15) is 0 Å². The lowest BCUT2D eigenvalue weighted by Crippen LogP contribution is -2.42. The van der Waals surface area contributed by atoms with Crippen molar-refractivity contribution in [1.29, 1.82) is 0 Å². The molecule has 1 rings (SSSR count). The number of hydrogen-bond acceptors (Lipinski definition) is 5. The summed E-state index contributed by atoms with van der Waals surface area (Å²) in [4.78, 5) is 13.9. The van der Waals surface area contributed by atoms with Gasteiger partial charge in [0, 0.05) is 32.8 Å². The van der Waals surface area contributed by atoms with Crippen LogP contribution in [0.3, 0.4) is 0 Å². The van der Waals surface area contributed by atoms with Crippen LogP contribution in [-0.4, -0.2) is 62.3 Å². The molecule has 1 heterocycles. The highest BCUT2D eigenvalue weighted by Crippen LogP contribution is 2.21. The first kappa shape index (κ1) is 21.2. The molecular weight excluding hydrogens is 308 g/mol. The van der Waals surface area contributed by atoms with Gasteiger partial charge in [-0.3, -0.25) is 0 Å². The molecule has 1 N–H and O–H groups in total. The van der Waals surface area contributed by atoms with Crippen LogP contribution in [0.15, 0.2) is 0 Å². The van der Waals surface area contributed by atoms with E-state index in [1.807, 2.05) is 39.5 Å². The van der Waals surface area contributed by atoms with Crippen molar-refractivity contribution in [2.45, 2.75) is 65.8 Å². The van der Waals surface area contributed by atoms with E-state index in [-0.39, 0.29) is 12.4 Å². The van der Waals surface area contributed by atoms with E-state index in [9.17, 15) is 4.79 Å². The van der Waals surface area contributed by atoms with Gasteiger partial charge in [-0.15, -0.1) is 0 Å². The van der Waals surface area contributed by atoms with Gasteiger partial charge in [-0.1, -0.05) is 0 Å². The molecular formula is C18H36N2O4. The van der Waals surface area contributed by atoms with Crippen LogP contribution in [0.1, 0.15) is 53.9 Å². The van der Waals surface area contributed by atoms with E-state index in [2.05, 4.69) is 5.32 Å². The van der Waals surface area contributed by atoms with Crippen molar-refractivity contribution in [2.75, 3.05) is 39.4 Å². The molecule has 0 aliphatic carbocycles. The van der Waals surface area contributed by atoms with E-state index in [0.29, 0.717) is 19.1 Å². The maximum absolute atomic E-state index is 12.0. The Hall–Kier alpha value is -0.850. The van der Waals surface area contributed by atoms with Crippen LogP contribution in [0, 0.1) is 5.92 Å². The Morgan fingerprint density at radius 3 is 2.25 bits per heavy atom. The van der Waals surface area contributed by atoms with E-state index in [1.54, 1.807) is 0 Å². The largest absolute Gasteiger partial charge is 0.444 e. The van der Waals surface area contributed by atoms with Crippen molar-refractivity contribution >= 4 is 6.09 Å². The van der Waals surface area contributed by atoms with E-state index in [4.69, 9.17) is 14.2 Å². The Balaban J connectivity index is 2.16. The molecule has 0 unspecified atom stereocenters. The summed E-state index contributed by atoms with van der Waals surface area (Å²) in [5.74, 6) is 0.661. The van der Waals surface area contributed by atoms with Gasteiger partial charge in [0.2, 0.25) is 0 Å². The second kappa shape index (κ2) is 10.9. The lowest BCUT2D eigenvalue weighted by Gasteiger charge is -2.33. The van der Waals surface area contributed by atoms with Crippen LogP contribution < -0.4 is 5.32 Å². The fraction of sp³-hybridized carbons (Fsp3) is 0.944. The lowest BCUT2D eigenvalue weighted by molar-refractivity contribution is -0.132. The number of nitrogens with one attached hydrogen (secondary N) is 1. The molecule has 1 aliphatic heterocycles. The molecule has 142 valence electrons. The molecule has 24 heavy (non-hydrogen) atoms. The van der Waals surface area contributed by atoms with Gasteiger partial charge >= 0.3 is 6.09 Å². The zero-order valence-corrected chi connectivity index (χ0v) is 16.1. The molecule has 0 spiro atoms. The SMILES string of the molecule is CCOC(CNCCC1CCN(C(=O)OC(C)(C)C)CC1)OCC. The predicted molar refractivity (Wildman–Crippen MR) is 95.1 cm³/mol. The summed E-state index contributed by atoms with van der Waals surface area (Å²) < 4.78 is 16.5. The Bertz CT molecular complexity index is 343. The molecule has 0 radical (unpaired) electrons. The number of nitrogens with zero attached hydrogens (tertiary/aromatic N) is 1. The fourth-order valence-corrected chi connectivity index (χ4v) is 2.79. The monoisotopic (exact) mass is 344 g/mol. The molecule has 0 aromatic heterocycles. The Kier molecular flexibility index (Phi) is 9.63. The molecule has 1 aliphatic rings. The van der Waals surface area contributed by atoms with Gasteiger partial charge in [-0.25, -0.2) is 4.79 Å². The van der Waals surface area contributed by atoms with Crippen molar-refractivity contribution in [3.05, 3.63) is 0 Å². The Labute approximate surface area is 147 Å². The zero-order chi connectivity index (χ0) is 18.0. The van der Waals surface area contributed by atoms with Gasteiger partial charge < -0.3 is 24.4 Å². The van der Waals surface area contributed by atoms with E-state index < -0.39 is 5.60 Å². The first-order valence-electron chi connectivity index (χ1n) is 9.27. The van der Waals surface area contributed by atoms with Gasteiger partial charge in [0.15, 0.2) is 6.29 Å². The number of amides is 1. The quantitative estimate of drug-likeness (QED) is 0.515. The zero-order valence-electron chi connectivity index (χ0n) is 16.1. The first-order valence-corrected chi connectivity index (χ1v) is 9.27. The first-order chi connectivity index (χ1) is 11.4. The third-order valence-corrected chi connectivity index (χ3v) is 4.01. The molecule has 0 bridgehead atoms. The van der Waals surface area contributed by atoms with E-state index in [1.165, 1.54) is 0 Å². The van der Waals surface area contributed by atoms with Crippen LogP contribution in [0.2, 0.25) is 0 Å². The minimum atomic E-state index is -0.421. The molecule has 1 fully saturated rings. The number of hydrogen-bond donors (Lipinski definition) is 1. The smallest absolute Gasteiger partial charge is 0.410 e. The molecule has 1 amide bonds. The molecule has 0 atom stereocenters. The topological polar surface area (TPSA) is 60.0 Å². The van der Waals surface area contributed by atoms with Gasteiger partial charge in [-0.05, 0) is 66.3 Å². The third kappa shape index (κ3) is 8.85.